The monoisotopic (exact) mass is 197 g/mol. The van der Waals surface area contributed by atoms with Gasteiger partial charge in [0.1, 0.15) is 0 Å². The molecule has 0 aromatic rings. The van der Waals surface area contributed by atoms with E-state index in [-0.39, 0.29) is 11.3 Å². The molecule has 0 aliphatic heterocycles. The fourth-order valence-electron chi connectivity index (χ4n) is 1.52. The van der Waals surface area contributed by atoms with Crippen LogP contribution in [-0.2, 0) is 0 Å². The fraction of sp³-hybridized carbons (Fsp3) is 0.750. The Morgan fingerprint density at radius 2 is 1.93 bits per heavy atom. The number of oxime groups is 1. The summed E-state index contributed by atoms with van der Waals surface area (Å²) in [5, 5.41) is 12.5. The Balaban J connectivity index is 4.81. The number of hydrogen-bond acceptors (Lipinski definition) is 2. The Hall–Kier alpha value is -0.790. The van der Waals surface area contributed by atoms with Gasteiger partial charge < -0.3 is 5.21 Å². The van der Waals surface area contributed by atoms with E-state index in [4.69, 9.17) is 5.21 Å². The minimum atomic E-state index is -0.0584. The van der Waals surface area contributed by atoms with Crippen molar-refractivity contribution in [2.24, 2.45) is 22.4 Å². The Morgan fingerprint density at radius 3 is 2.21 bits per heavy atom. The van der Waals surface area contributed by atoms with E-state index < -0.39 is 0 Å². The van der Waals surface area contributed by atoms with Gasteiger partial charge in [-0.2, -0.15) is 0 Å². The van der Waals surface area contributed by atoms with E-state index >= 15 is 0 Å². The molecular weight excluding hydrogens is 174 g/mol. The van der Waals surface area contributed by atoms with Crippen molar-refractivity contribution in [3.05, 3.63) is 12.7 Å². The summed E-state index contributed by atoms with van der Waals surface area (Å²) >= 11 is 0. The Morgan fingerprint density at radius 1 is 1.43 bits per heavy atom. The zero-order valence-corrected chi connectivity index (χ0v) is 10.0. The van der Waals surface area contributed by atoms with E-state index in [9.17, 15) is 0 Å². The number of nitrogens with zero attached hydrogens (tertiary/aromatic N) is 1. The Bertz CT molecular complexity index is 216. The summed E-state index contributed by atoms with van der Waals surface area (Å²) < 4.78 is 0. The van der Waals surface area contributed by atoms with Crippen LogP contribution in [0.2, 0.25) is 0 Å². The minimum Gasteiger partial charge on any atom is -0.411 e. The molecule has 0 saturated carbocycles. The van der Waals surface area contributed by atoms with Crippen LogP contribution < -0.4 is 0 Å². The van der Waals surface area contributed by atoms with Gasteiger partial charge in [0.05, 0.1) is 5.71 Å². The van der Waals surface area contributed by atoms with Crippen molar-refractivity contribution in [2.45, 2.75) is 41.0 Å². The average Bonchev–Trinajstić information content (AvgIpc) is 2.04. The van der Waals surface area contributed by atoms with Crippen molar-refractivity contribution < 1.29 is 5.21 Å². The molecule has 82 valence electrons. The summed E-state index contributed by atoms with van der Waals surface area (Å²) in [6, 6.07) is 0. The maximum Gasteiger partial charge on any atom is 0.0660 e. The van der Waals surface area contributed by atoms with Crippen molar-refractivity contribution in [3.63, 3.8) is 0 Å². The molecule has 0 bridgehead atoms. The lowest BCUT2D eigenvalue weighted by molar-refractivity contribution is 0.282. The molecule has 14 heavy (non-hydrogen) atoms. The normalized spacial score (nSPS) is 15.7. The molecule has 1 N–H and O–H groups in total. The highest BCUT2D eigenvalue weighted by atomic mass is 16.4. The van der Waals surface area contributed by atoms with Gasteiger partial charge in [0, 0.05) is 11.3 Å². The van der Waals surface area contributed by atoms with Crippen LogP contribution in [0.4, 0.5) is 0 Å². The molecule has 0 aliphatic carbocycles. The zero-order valence-electron chi connectivity index (χ0n) is 10.0. The van der Waals surface area contributed by atoms with E-state index in [0.29, 0.717) is 5.92 Å². The van der Waals surface area contributed by atoms with Gasteiger partial charge in [-0.3, -0.25) is 0 Å². The molecule has 0 saturated heterocycles. The van der Waals surface area contributed by atoms with E-state index in [2.05, 4.69) is 46.4 Å². The lowest BCUT2D eigenvalue weighted by Gasteiger charge is -2.32. The maximum atomic E-state index is 9.06. The molecule has 0 aromatic heterocycles. The van der Waals surface area contributed by atoms with Gasteiger partial charge >= 0.3 is 0 Å². The molecule has 0 rings (SSSR count). The molecule has 2 nitrogen and oxygen atoms in total. The van der Waals surface area contributed by atoms with Crippen LogP contribution in [-0.4, -0.2) is 10.9 Å². The first kappa shape index (κ1) is 13.2. The average molecular weight is 197 g/mol. The van der Waals surface area contributed by atoms with Crippen LogP contribution >= 0.6 is 0 Å². The van der Waals surface area contributed by atoms with Crippen LogP contribution in [0.3, 0.4) is 0 Å². The third-order valence-corrected chi connectivity index (χ3v) is 3.20. The summed E-state index contributed by atoms with van der Waals surface area (Å²) in [6.07, 6.45) is 2.72. The molecule has 1 atom stereocenters. The van der Waals surface area contributed by atoms with Gasteiger partial charge in [-0.15, -0.1) is 6.58 Å². The van der Waals surface area contributed by atoms with Crippen molar-refractivity contribution >= 4 is 5.71 Å². The Kier molecular flexibility index (Phi) is 4.89. The second-order valence-corrected chi connectivity index (χ2v) is 4.79. The first-order valence-electron chi connectivity index (χ1n) is 5.21. The smallest absolute Gasteiger partial charge is 0.0660 e. The summed E-state index contributed by atoms with van der Waals surface area (Å²) in [6.45, 7) is 14.3. The SMILES string of the molecule is C=CCC(C)/C(=N/O)C(C)(C)C(C)C. The largest absolute Gasteiger partial charge is 0.411 e. The second-order valence-electron chi connectivity index (χ2n) is 4.79. The molecule has 0 aliphatic rings. The second kappa shape index (κ2) is 5.18. The number of rotatable bonds is 5. The fourth-order valence-corrected chi connectivity index (χ4v) is 1.52. The molecule has 0 radical (unpaired) electrons. The minimum absolute atomic E-state index is 0.0584. The molecule has 0 amide bonds. The number of hydrogen-bond donors (Lipinski definition) is 1. The van der Waals surface area contributed by atoms with Gasteiger partial charge in [0.15, 0.2) is 0 Å². The molecule has 2 heteroatoms. The van der Waals surface area contributed by atoms with Crippen molar-refractivity contribution in [3.8, 4) is 0 Å². The lowest BCUT2D eigenvalue weighted by Crippen LogP contribution is -2.34. The molecule has 0 heterocycles. The van der Waals surface area contributed by atoms with E-state index in [0.717, 1.165) is 12.1 Å². The third-order valence-electron chi connectivity index (χ3n) is 3.20. The van der Waals surface area contributed by atoms with Gasteiger partial charge in [0.25, 0.3) is 0 Å². The number of allylic oxidation sites excluding steroid dienone is 1. The van der Waals surface area contributed by atoms with Crippen LogP contribution in [0.15, 0.2) is 17.8 Å². The van der Waals surface area contributed by atoms with Crippen LogP contribution in [0, 0.1) is 17.3 Å². The zero-order chi connectivity index (χ0) is 11.4. The quantitative estimate of drug-likeness (QED) is 0.310. The van der Waals surface area contributed by atoms with E-state index in [1.807, 2.05) is 6.08 Å². The molecule has 1 unspecified atom stereocenters. The lowest BCUT2D eigenvalue weighted by atomic mass is 9.72. The third kappa shape index (κ3) is 2.86. The molecule has 0 fully saturated rings. The van der Waals surface area contributed by atoms with Crippen LogP contribution in [0.5, 0.6) is 0 Å². The standard InChI is InChI=1S/C12H23NO/c1-7-8-10(4)11(13-14)12(5,6)9(2)3/h7,9-10,14H,1,8H2,2-6H3/b13-11-. The van der Waals surface area contributed by atoms with Gasteiger partial charge in [-0.25, -0.2) is 0 Å². The Labute approximate surface area is 87.7 Å². The predicted molar refractivity (Wildman–Crippen MR) is 61.8 cm³/mol. The van der Waals surface area contributed by atoms with Crippen LogP contribution in [0.1, 0.15) is 41.0 Å². The molecule has 0 aromatic carbocycles. The highest BCUT2D eigenvalue weighted by Gasteiger charge is 2.32. The van der Waals surface area contributed by atoms with Crippen molar-refractivity contribution in [2.75, 3.05) is 0 Å². The summed E-state index contributed by atoms with van der Waals surface area (Å²) in [4.78, 5) is 0. The van der Waals surface area contributed by atoms with Crippen molar-refractivity contribution in [1.29, 1.82) is 0 Å². The van der Waals surface area contributed by atoms with Gasteiger partial charge in [0.2, 0.25) is 0 Å². The van der Waals surface area contributed by atoms with Crippen LogP contribution in [0.25, 0.3) is 0 Å². The first-order valence-corrected chi connectivity index (χ1v) is 5.21. The van der Waals surface area contributed by atoms with Gasteiger partial charge in [-0.05, 0) is 12.3 Å². The predicted octanol–water partition coefficient (Wildman–Crippen LogP) is 3.71. The van der Waals surface area contributed by atoms with E-state index in [1.165, 1.54) is 0 Å². The maximum absolute atomic E-state index is 9.06. The summed E-state index contributed by atoms with van der Waals surface area (Å²) in [7, 11) is 0. The molecular formula is C12H23NO. The van der Waals surface area contributed by atoms with E-state index in [1.54, 1.807) is 0 Å². The van der Waals surface area contributed by atoms with Gasteiger partial charge in [-0.1, -0.05) is 45.9 Å². The highest BCUT2D eigenvalue weighted by molar-refractivity contribution is 5.91. The first-order chi connectivity index (χ1) is 6.37. The van der Waals surface area contributed by atoms with Crippen molar-refractivity contribution in [1.82, 2.24) is 0 Å². The highest BCUT2D eigenvalue weighted by Crippen LogP contribution is 2.32. The summed E-state index contributed by atoms with van der Waals surface area (Å²) in [5.74, 6) is 0.718. The topological polar surface area (TPSA) is 32.6 Å². The molecule has 0 spiro atoms. The summed E-state index contributed by atoms with van der Waals surface area (Å²) in [5.41, 5.74) is 0.810.